The lowest BCUT2D eigenvalue weighted by molar-refractivity contribution is 0.0911. The standard InChI is InChI=1S/C11H16N2O2S/c1-3-8(7-14)13-10(15)9-5-4-6-12-11(9)16-2/h4-6,8,14H,3,7H2,1-2H3,(H,13,15)/t8-/m0/s1. The zero-order chi connectivity index (χ0) is 12.0. The van der Waals surface area contributed by atoms with E-state index in [-0.39, 0.29) is 18.6 Å². The van der Waals surface area contributed by atoms with Crippen LogP contribution in [0.5, 0.6) is 0 Å². The highest BCUT2D eigenvalue weighted by molar-refractivity contribution is 7.98. The number of aliphatic hydroxyl groups excluding tert-OH is 1. The van der Waals surface area contributed by atoms with Crippen molar-refractivity contribution in [1.29, 1.82) is 0 Å². The quantitative estimate of drug-likeness (QED) is 0.762. The molecule has 0 saturated heterocycles. The molecule has 1 atom stereocenters. The molecule has 1 aromatic heterocycles. The minimum Gasteiger partial charge on any atom is -0.394 e. The molecule has 2 N–H and O–H groups in total. The number of carbonyl (C=O) groups is 1. The second kappa shape index (κ2) is 6.50. The van der Waals surface area contributed by atoms with E-state index in [2.05, 4.69) is 10.3 Å². The Bertz CT molecular complexity index is 354. The molecule has 5 heteroatoms. The van der Waals surface area contributed by atoms with Gasteiger partial charge >= 0.3 is 0 Å². The van der Waals surface area contributed by atoms with Crippen LogP contribution in [-0.2, 0) is 0 Å². The molecule has 0 aromatic carbocycles. The Kier molecular flexibility index (Phi) is 5.28. The second-order valence-electron chi connectivity index (χ2n) is 3.32. The molecule has 4 nitrogen and oxygen atoms in total. The molecule has 0 fully saturated rings. The van der Waals surface area contributed by atoms with E-state index in [1.807, 2.05) is 13.2 Å². The van der Waals surface area contributed by atoms with Gasteiger partial charge in [0.15, 0.2) is 0 Å². The van der Waals surface area contributed by atoms with E-state index in [9.17, 15) is 4.79 Å². The lowest BCUT2D eigenvalue weighted by Crippen LogP contribution is -2.37. The van der Waals surface area contributed by atoms with E-state index in [0.29, 0.717) is 17.0 Å². The molecular weight excluding hydrogens is 224 g/mol. The second-order valence-corrected chi connectivity index (χ2v) is 4.12. The number of nitrogens with one attached hydrogen (secondary N) is 1. The Labute approximate surface area is 99.5 Å². The first-order valence-corrected chi connectivity index (χ1v) is 6.36. The zero-order valence-corrected chi connectivity index (χ0v) is 10.3. The van der Waals surface area contributed by atoms with Crippen molar-refractivity contribution in [1.82, 2.24) is 10.3 Å². The molecule has 0 spiro atoms. The van der Waals surface area contributed by atoms with E-state index in [1.54, 1.807) is 18.3 Å². The van der Waals surface area contributed by atoms with Crippen molar-refractivity contribution in [3.63, 3.8) is 0 Å². The highest BCUT2D eigenvalue weighted by Gasteiger charge is 2.14. The topological polar surface area (TPSA) is 62.2 Å². The normalized spacial score (nSPS) is 12.2. The Morgan fingerprint density at radius 2 is 2.44 bits per heavy atom. The Morgan fingerprint density at radius 1 is 1.69 bits per heavy atom. The van der Waals surface area contributed by atoms with Crippen molar-refractivity contribution >= 4 is 17.7 Å². The van der Waals surface area contributed by atoms with Crippen LogP contribution in [0, 0.1) is 0 Å². The molecule has 0 aliphatic carbocycles. The highest BCUT2D eigenvalue weighted by atomic mass is 32.2. The molecule has 1 heterocycles. The van der Waals surface area contributed by atoms with Crippen LogP contribution in [0.15, 0.2) is 23.4 Å². The van der Waals surface area contributed by atoms with Crippen molar-refractivity contribution in [2.45, 2.75) is 24.4 Å². The maximum Gasteiger partial charge on any atom is 0.254 e. The van der Waals surface area contributed by atoms with Crippen molar-refractivity contribution in [2.24, 2.45) is 0 Å². The fourth-order valence-electron chi connectivity index (χ4n) is 1.27. The first kappa shape index (κ1) is 13.0. The number of rotatable bonds is 5. The van der Waals surface area contributed by atoms with Gasteiger partial charge in [-0.2, -0.15) is 0 Å². The van der Waals surface area contributed by atoms with Crippen LogP contribution >= 0.6 is 11.8 Å². The number of hydrogen-bond donors (Lipinski definition) is 2. The summed E-state index contributed by atoms with van der Waals surface area (Å²) in [6.07, 6.45) is 4.24. The maximum absolute atomic E-state index is 11.9. The predicted molar refractivity (Wildman–Crippen MR) is 64.6 cm³/mol. The molecule has 0 bridgehead atoms. The van der Waals surface area contributed by atoms with E-state index in [4.69, 9.17) is 5.11 Å². The molecule has 1 aromatic rings. The van der Waals surface area contributed by atoms with Crippen LogP contribution in [0.4, 0.5) is 0 Å². The average Bonchev–Trinajstić information content (AvgIpc) is 2.35. The van der Waals surface area contributed by atoms with Crippen molar-refractivity contribution < 1.29 is 9.90 Å². The van der Waals surface area contributed by atoms with Gasteiger partial charge in [-0.1, -0.05) is 6.92 Å². The van der Waals surface area contributed by atoms with Gasteiger partial charge in [0.2, 0.25) is 0 Å². The fraction of sp³-hybridized carbons (Fsp3) is 0.455. The lowest BCUT2D eigenvalue weighted by atomic mass is 10.2. The molecular formula is C11H16N2O2S. The SMILES string of the molecule is CC[C@@H](CO)NC(=O)c1cccnc1SC. The van der Waals surface area contributed by atoms with Gasteiger partial charge in [0.1, 0.15) is 5.03 Å². The molecule has 0 radical (unpaired) electrons. The third-order valence-corrected chi connectivity index (χ3v) is 2.97. The molecule has 0 aliphatic heterocycles. The van der Waals surface area contributed by atoms with Gasteiger partial charge in [0.25, 0.3) is 5.91 Å². The smallest absolute Gasteiger partial charge is 0.254 e. The molecule has 16 heavy (non-hydrogen) atoms. The summed E-state index contributed by atoms with van der Waals surface area (Å²) in [6.45, 7) is 1.87. The van der Waals surface area contributed by atoms with Crippen molar-refractivity contribution in [2.75, 3.05) is 12.9 Å². The first-order valence-electron chi connectivity index (χ1n) is 5.13. The first-order chi connectivity index (χ1) is 7.72. The van der Waals surface area contributed by atoms with Crippen LogP contribution in [-0.4, -0.2) is 34.9 Å². The van der Waals surface area contributed by atoms with Gasteiger partial charge < -0.3 is 10.4 Å². The summed E-state index contributed by atoms with van der Waals surface area (Å²) in [5.41, 5.74) is 0.557. The van der Waals surface area contributed by atoms with Crippen molar-refractivity contribution in [3.8, 4) is 0 Å². The van der Waals surface area contributed by atoms with Crippen LogP contribution < -0.4 is 5.32 Å². The summed E-state index contributed by atoms with van der Waals surface area (Å²) in [4.78, 5) is 16.0. The number of carbonyl (C=O) groups excluding carboxylic acids is 1. The highest BCUT2D eigenvalue weighted by Crippen LogP contribution is 2.16. The number of nitrogens with zero attached hydrogens (tertiary/aromatic N) is 1. The minimum atomic E-state index is -0.192. The van der Waals surface area contributed by atoms with Crippen molar-refractivity contribution in [3.05, 3.63) is 23.9 Å². The van der Waals surface area contributed by atoms with E-state index < -0.39 is 0 Å². The van der Waals surface area contributed by atoms with E-state index >= 15 is 0 Å². The van der Waals surface area contributed by atoms with Gasteiger partial charge in [-0.15, -0.1) is 11.8 Å². The molecule has 0 saturated carbocycles. The van der Waals surface area contributed by atoms with Gasteiger partial charge in [-0.3, -0.25) is 4.79 Å². The zero-order valence-electron chi connectivity index (χ0n) is 9.43. The molecule has 0 aliphatic rings. The van der Waals surface area contributed by atoms with Gasteiger partial charge in [0.05, 0.1) is 18.2 Å². The molecule has 0 unspecified atom stereocenters. The number of aliphatic hydroxyl groups is 1. The molecule has 1 amide bonds. The van der Waals surface area contributed by atoms with E-state index in [0.717, 1.165) is 0 Å². The van der Waals surface area contributed by atoms with Crippen LogP contribution in [0.1, 0.15) is 23.7 Å². The average molecular weight is 240 g/mol. The van der Waals surface area contributed by atoms with Gasteiger partial charge in [-0.25, -0.2) is 4.98 Å². The number of thioether (sulfide) groups is 1. The number of aromatic nitrogens is 1. The summed E-state index contributed by atoms with van der Waals surface area (Å²) < 4.78 is 0. The molecule has 1 rings (SSSR count). The largest absolute Gasteiger partial charge is 0.394 e. The Balaban J connectivity index is 2.79. The molecule has 88 valence electrons. The monoisotopic (exact) mass is 240 g/mol. The summed E-state index contributed by atoms with van der Waals surface area (Å²) >= 11 is 1.43. The van der Waals surface area contributed by atoms with Crippen LogP contribution in [0.3, 0.4) is 0 Å². The third-order valence-electron chi connectivity index (χ3n) is 2.26. The van der Waals surface area contributed by atoms with Crippen LogP contribution in [0.2, 0.25) is 0 Å². The van der Waals surface area contributed by atoms with Gasteiger partial charge in [-0.05, 0) is 24.8 Å². The Hall–Kier alpha value is -1.07. The Morgan fingerprint density at radius 3 is 3.00 bits per heavy atom. The summed E-state index contributed by atoms with van der Waals surface area (Å²) in [7, 11) is 0. The number of pyridine rings is 1. The van der Waals surface area contributed by atoms with E-state index in [1.165, 1.54) is 11.8 Å². The summed E-state index contributed by atoms with van der Waals surface area (Å²) in [6, 6.07) is 3.27. The summed E-state index contributed by atoms with van der Waals surface area (Å²) in [5.74, 6) is -0.182. The van der Waals surface area contributed by atoms with Gasteiger partial charge in [0, 0.05) is 6.20 Å². The van der Waals surface area contributed by atoms with Crippen LogP contribution in [0.25, 0.3) is 0 Å². The fourth-order valence-corrected chi connectivity index (χ4v) is 1.81. The minimum absolute atomic E-state index is 0.0445. The number of hydrogen-bond acceptors (Lipinski definition) is 4. The third kappa shape index (κ3) is 3.21. The lowest BCUT2D eigenvalue weighted by Gasteiger charge is -2.14. The maximum atomic E-state index is 11.9. The summed E-state index contributed by atoms with van der Waals surface area (Å²) in [5, 5.41) is 12.5. The number of amides is 1. The predicted octanol–water partition coefficient (Wildman–Crippen LogP) is 1.30.